The Morgan fingerprint density at radius 3 is 2.46 bits per heavy atom. The zero-order valence-corrected chi connectivity index (χ0v) is 16.9. The minimum absolute atomic E-state index is 0. The summed E-state index contributed by atoms with van der Waals surface area (Å²) in [6, 6.07) is 11.5. The topological polar surface area (TPSA) is 122 Å². The number of azo groups is 1. The second kappa shape index (κ2) is 7.73. The van der Waals surface area contributed by atoms with Crippen LogP contribution in [0.3, 0.4) is 0 Å². The summed E-state index contributed by atoms with van der Waals surface area (Å²) in [5.74, 6) is -0.435. The smallest absolute Gasteiger partial charge is 0.871 e. The van der Waals surface area contributed by atoms with Crippen LogP contribution in [0.25, 0.3) is 10.8 Å². The van der Waals surface area contributed by atoms with E-state index in [0.717, 1.165) is 0 Å². The van der Waals surface area contributed by atoms with Crippen molar-refractivity contribution in [2.24, 2.45) is 10.2 Å². The minimum Gasteiger partial charge on any atom is -0.871 e. The number of aromatic hydroxyl groups is 1. The van der Waals surface area contributed by atoms with Crippen molar-refractivity contribution in [2.45, 2.75) is 11.8 Å². The molecule has 7 nitrogen and oxygen atoms in total. The molecule has 0 saturated carbocycles. The van der Waals surface area contributed by atoms with Crippen LogP contribution in [0.4, 0.5) is 11.4 Å². The van der Waals surface area contributed by atoms with Crippen molar-refractivity contribution in [3.8, 4) is 11.5 Å². The number of fused-ring (bicyclic) bond motifs is 1. The molecule has 0 aliphatic heterocycles. The predicted molar refractivity (Wildman–Crippen MR) is 90.2 cm³/mol. The zero-order valence-electron chi connectivity index (χ0n) is 14.0. The maximum Gasteiger partial charge on any atom is 1.00 e. The number of hydrogen-bond donors (Lipinski definition) is 2. The van der Waals surface area contributed by atoms with Gasteiger partial charge in [-0.05, 0) is 36.6 Å². The maximum atomic E-state index is 12.0. The van der Waals surface area contributed by atoms with Gasteiger partial charge in [-0.2, -0.15) is 13.5 Å². The largest absolute Gasteiger partial charge is 1.00 e. The molecule has 26 heavy (non-hydrogen) atoms. The van der Waals surface area contributed by atoms with Crippen LogP contribution in [0.15, 0.2) is 63.7 Å². The van der Waals surface area contributed by atoms with Crippen LogP contribution in [-0.4, -0.2) is 18.1 Å². The van der Waals surface area contributed by atoms with E-state index >= 15 is 0 Å². The van der Waals surface area contributed by atoms with Crippen LogP contribution in [-0.2, 0) is 10.1 Å². The van der Waals surface area contributed by atoms with E-state index in [2.05, 4.69) is 10.2 Å². The quantitative estimate of drug-likeness (QED) is 0.391. The molecule has 2 N–H and O–H groups in total. The fraction of sp³-hybridized carbons (Fsp3) is 0.0588. The molecule has 0 bridgehead atoms. The normalized spacial score (nSPS) is 11.6. The number of para-hydroxylation sites is 1. The van der Waals surface area contributed by atoms with E-state index in [0.29, 0.717) is 16.3 Å². The molecule has 3 rings (SSSR count). The molecule has 3 aromatic carbocycles. The first-order valence-electron chi connectivity index (χ1n) is 7.19. The fourth-order valence-electron chi connectivity index (χ4n) is 2.37. The molecule has 0 spiro atoms. The summed E-state index contributed by atoms with van der Waals surface area (Å²) < 4.78 is 31.6. The van der Waals surface area contributed by atoms with Gasteiger partial charge in [0.15, 0.2) is 0 Å². The first-order chi connectivity index (χ1) is 11.8. The molecule has 9 heteroatoms. The molecule has 0 amide bonds. The molecular formula is C17H13N2NaO5S. The molecule has 0 atom stereocenters. The monoisotopic (exact) mass is 380 g/mol. The van der Waals surface area contributed by atoms with Gasteiger partial charge in [0.05, 0.1) is 10.6 Å². The summed E-state index contributed by atoms with van der Waals surface area (Å²) in [5.41, 5.74) is 0.752. The summed E-state index contributed by atoms with van der Waals surface area (Å²) in [4.78, 5) is -0.269. The van der Waals surface area contributed by atoms with Gasteiger partial charge in [-0.1, -0.05) is 35.6 Å². The van der Waals surface area contributed by atoms with E-state index < -0.39 is 10.1 Å². The van der Waals surface area contributed by atoms with E-state index in [1.807, 2.05) is 0 Å². The first-order valence-corrected chi connectivity index (χ1v) is 8.63. The number of aryl methyl sites for hydroxylation is 1. The number of benzene rings is 3. The Morgan fingerprint density at radius 1 is 1.04 bits per heavy atom. The molecule has 0 heterocycles. The molecule has 0 saturated heterocycles. The average molecular weight is 380 g/mol. The Bertz CT molecular complexity index is 1110. The van der Waals surface area contributed by atoms with Crippen molar-refractivity contribution in [1.29, 1.82) is 0 Å². The van der Waals surface area contributed by atoms with Gasteiger partial charge in [0, 0.05) is 5.39 Å². The van der Waals surface area contributed by atoms with E-state index in [-0.39, 0.29) is 57.3 Å². The van der Waals surface area contributed by atoms with Gasteiger partial charge in [0.1, 0.15) is 11.4 Å². The van der Waals surface area contributed by atoms with E-state index in [1.165, 1.54) is 36.4 Å². The minimum atomic E-state index is -4.34. The molecule has 0 fully saturated rings. The standard InChI is InChI=1S/C17H14N2O5S.Na/c1-10-3-2-4-14(17(10)21)18-19-16-13-7-6-12(25(22,23)24)9-11(13)5-8-15(16)20;/h2-9,20-21H,1H3,(H,22,23,24);/q;+1/p-1. The SMILES string of the molecule is Cc1cccc(N=Nc2c(O)ccc3cc(S(=O)(=O)O)ccc23)c1[O-].[Na+]. The summed E-state index contributed by atoms with van der Waals surface area (Å²) >= 11 is 0. The Morgan fingerprint density at radius 2 is 1.77 bits per heavy atom. The van der Waals surface area contributed by atoms with E-state index in [1.54, 1.807) is 19.1 Å². The van der Waals surface area contributed by atoms with Crippen molar-refractivity contribution in [2.75, 3.05) is 0 Å². The molecule has 128 valence electrons. The molecule has 0 aliphatic rings. The van der Waals surface area contributed by atoms with Crippen LogP contribution in [0.1, 0.15) is 5.56 Å². The van der Waals surface area contributed by atoms with Crippen LogP contribution >= 0.6 is 0 Å². The summed E-state index contributed by atoms with van der Waals surface area (Å²) in [6.07, 6.45) is 0. The van der Waals surface area contributed by atoms with Crippen LogP contribution in [0.5, 0.6) is 11.5 Å². The third-order valence-corrected chi connectivity index (χ3v) is 4.54. The molecule has 0 aliphatic carbocycles. The zero-order chi connectivity index (χ0) is 18.2. The number of phenols is 1. The average Bonchev–Trinajstić information content (AvgIpc) is 2.56. The molecule has 0 radical (unpaired) electrons. The number of nitrogens with zero attached hydrogens (tertiary/aromatic N) is 2. The van der Waals surface area contributed by atoms with Crippen molar-refractivity contribution in [3.63, 3.8) is 0 Å². The summed E-state index contributed by atoms with van der Waals surface area (Å²) in [6.45, 7) is 1.66. The van der Waals surface area contributed by atoms with E-state index in [4.69, 9.17) is 4.55 Å². The van der Waals surface area contributed by atoms with Gasteiger partial charge in [0.25, 0.3) is 10.1 Å². The van der Waals surface area contributed by atoms with Crippen molar-refractivity contribution < 1.29 is 52.7 Å². The van der Waals surface area contributed by atoms with Crippen LogP contribution in [0.2, 0.25) is 0 Å². The fourth-order valence-corrected chi connectivity index (χ4v) is 2.88. The van der Waals surface area contributed by atoms with Gasteiger partial charge in [-0.25, -0.2) is 0 Å². The van der Waals surface area contributed by atoms with Gasteiger partial charge in [0.2, 0.25) is 0 Å². The molecule has 0 aromatic heterocycles. The Labute approximate surface area is 172 Å². The Balaban J connectivity index is 0.00000243. The molecule has 0 unspecified atom stereocenters. The van der Waals surface area contributed by atoms with Gasteiger partial charge in [-0.3, -0.25) is 4.55 Å². The third-order valence-electron chi connectivity index (χ3n) is 3.69. The predicted octanol–water partition coefficient (Wildman–Crippen LogP) is 0.594. The Hall–Kier alpha value is -1.97. The van der Waals surface area contributed by atoms with Gasteiger partial charge in [-0.15, -0.1) is 5.11 Å². The Kier molecular flexibility index (Phi) is 6.05. The third kappa shape index (κ3) is 4.05. The summed E-state index contributed by atoms with van der Waals surface area (Å²) in [7, 11) is -4.34. The summed E-state index contributed by atoms with van der Waals surface area (Å²) in [5, 5.41) is 30.8. The van der Waals surface area contributed by atoms with Crippen molar-refractivity contribution >= 4 is 32.3 Å². The second-order valence-corrected chi connectivity index (χ2v) is 6.84. The van der Waals surface area contributed by atoms with Gasteiger partial charge < -0.3 is 10.2 Å². The number of phenolic OH excluding ortho intramolecular Hbond substituents is 1. The van der Waals surface area contributed by atoms with E-state index in [9.17, 15) is 18.6 Å². The van der Waals surface area contributed by atoms with Crippen LogP contribution in [0, 0.1) is 6.92 Å². The maximum absolute atomic E-state index is 12.0. The van der Waals surface area contributed by atoms with Gasteiger partial charge >= 0.3 is 29.6 Å². The van der Waals surface area contributed by atoms with Crippen LogP contribution < -0.4 is 34.7 Å². The number of rotatable bonds is 3. The number of hydrogen-bond acceptors (Lipinski definition) is 6. The van der Waals surface area contributed by atoms with Crippen molar-refractivity contribution in [3.05, 3.63) is 54.1 Å². The second-order valence-electron chi connectivity index (χ2n) is 5.41. The molecular weight excluding hydrogens is 367 g/mol. The van der Waals surface area contributed by atoms with Crippen molar-refractivity contribution in [1.82, 2.24) is 0 Å². The first kappa shape index (κ1) is 20.3. The molecule has 3 aromatic rings.